The minimum atomic E-state index is -0.0197. The molecule has 0 aromatic heterocycles. The summed E-state index contributed by atoms with van der Waals surface area (Å²) in [5.41, 5.74) is 0. The van der Waals surface area contributed by atoms with E-state index in [0.29, 0.717) is 5.92 Å². The highest BCUT2D eigenvalue weighted by atomic mass is 16.3. The van der Waals surface area contributed by atoms with E-state index in [1.54, 1.807) is 0 Å². The summed E-state index contributed by atoms with van der Waals surface area (Å²) in [7, 11) is 0. The Balaban J connectivity index is 2.15. The lowest BCUT2D eigenvalue weighted by atomic mass is 9.99. The molecule has 0 aliphatic heterocycles. The molecule has 0 saturated heterocycles. The van der Waals surface area contributed by atoms with Crippen molar-refractivity contribution in [1.82, 2.24) is 0 Å². The maximum atomic E-state index is 9.35. The summed E-state index contributed by atoms with van der Waals surface area (Å²) < 4.78 is 0. The molecule has 0 bridgehead atoms. The molecule has 1 N–H and O–H groups in total. The first-order chi connectivity index (χ1) is 4.38. The first-order valence-electron chi connectivity index (χ1n) is 3.72. The molecule has 2 rings (SSSR count). The van der Waals surface area contributed by atoms with Crippen molar-refractivity contribution >= 4 is 0 Å². The van der Waals surface area contributed by atoms with Crippen LogP contribution < -0.4 is 0 Å². The number of rotatable bonds is 0. The van der Waals surface area contributed by atoms with Crippen molar-refractivity contribution in [2.75, 3.05) is 0 Å². The van der Waals surface area contributed by atoms with Gasteiger partial charge in [0, 0.05) is 5.92 Å². The van der Waals surface area contributed by atoms with Crippen LogP contribution in [-0.2, 0) is 0 Å². The van der Waals surface area contributed by atoms with Crippen LogP contribution in [0.2, 0.25) is 0 Å². The number of hydrogen-bond acceptors (Lipinski definition) is 1. The van der Waals surface area contributed by atoms with Gasteiger partial charge < -0.3 is 5.11 Å². The third kappa shape index (κ3) is 0.715. The van der Waals surface area contributed by atoms with Crippen LogP contribution in [0.3, 0.4) is 0 Å². The van der Waals surface area contributed by atoms with Gasteiger partial charge >= 0.3 is 0 Å². The van der Waals surface area contributed by atoms with Crippen LogP contribution in [0.25, 0.3) is 0 Å². The minimum absolute atomic E-state index is 0.0197. The highest BCUT2D eigenvalue weighted by Crippen LogP contribution is 2.39. The van der Waals surface area contributed by atoms with Crippen molar-refractivity contribution in [2.24, 2.45) is 11.8 Å². The van der Waals surface area contributed by atoms with Gasteiger partial charge in [0.1, 0.15) is 0 Å². The smallest absolute Gasteiger partial charge is 0.0605 e. The second-order valence-electron chi connectivity index (χ2n) is 3.15. The minimum Gasteiger partial charge on any atom is -0.393 e. The lowest BCUT2D eigenvalue weighted by Gasteiger charge is -2.09. The van der Waals surface area contributed by atoms with Gasteiger partial charge in [0.15, 0.2) is 0 Å². The molecule has 0 aromatic rings. The van der Waals surface area contributed by atoms with E-state index in [1.807, 2.05) is 0 Å². The highest BCUT2D eigenvalue weighted by molar-refractivity contribution is 5.06. The Morgan fingerprint density at radius 2 is 2.22 bits per heavy atom. The predicted molar refractivity (Wildman–Crippen MR) is 36.0 cm³/mol. The molecule has 1 heteroatoms. The number of allylic oxidation sites excluding steroid dienone is 1. The summed E-state index contributed by atoms with van der Waals surface area (Å²) in [4.78, 5) is 0. The van der Waals surface area contributed by atoms with Crippen LogP contribution in [0.4, 0.5) is 0 Å². The van der Waals surface area contributed by atoms with Crippen LogP contribution in [-0.4, -0.2) is 11.2 Å². The number of hydrogen-bond donors (Lipinski definition) is 1. The van der Waals surface area contributed by atoms with Crippen LogP contribution >= 0.6 is 0 Å². The van der Waals surface area contributed by atoms with E-state index in [1.165, 1.54) is 12.8 Å². The molecule has 2 aliphatic rings. The van der Waals surface area contributed by atoms with E-state index in [0.717, 1.165) is 12.3 Å². The van der Waals surface area contributed by atoms with Crippen LogP contribution in [0.15, 0.2) is 12.2 Å². The third-order valence-corrected chi connectivity index (χ3v) is 2.62. The van der Waals surface area contributed by atoms with Crippen molar-refractivity contribution in [3.63, 3.8) is 0 Å². The van der Waals surface area contributed by atoms with Gasteiger partial charge in [-0.2, -0.15) is 0 Å². The number of fused-ring (bicyclic) bond motifs is 1. The molecule has 50 valence electrons. The molecule has 2 aliphatic carbocycles. The van der Waals surface area contributed by atoms with E-state index >= 15 is 0 Å². The standard InChI is InChI=1S/C8H12O/c9-8-5-4-6-2-1-3-7(6)8/h1,3,6-9H,2,4-5H2. The van der Waals surface area contributed by atoms with Gasteiger partial charge in [0.25, 0.3) is 0 Å². The van der Waals surface area contributed by atoms with Gasteiger partial charge in [0.2, 0.25) is 0 Å². The van der Waals surface area contributed by atoms with Crippen molar-refractivity contribution in [2.45, 2.75) is 25.4 Å². The highest BCUT2D eigenvalue weighted by Gasteiger charge is 2.34. The fourth-order valence-electron chi connectivity index (χ4n) is 2.05. The molecule has 0 radical (unpaired) electrons. The number of aliphatic hydroxyl groups is 1. The monoisotopic (exact) mass is 124 g/mol. The molecule has 3 unspecified atom stereocenters. The van der Waals surface area contributed by atoms with Gasteiger partial charge in [0.05, 0.1) is 6.10 Å². The second-order valence-corrected chi connectivity index (χ2v) is 3.15. The Labute approximate surface area is 55.4 Å². The Kier molecular flexibility index (Phi) is 1.12. The van der Waals surface area contributed by atoms with Crippen molar-refractivity contribution in [1.29, 1.82) is 0 Å². The molecule has 1 nitrogen and oxygen atoms in total. The van der Waals surface area contributed by atoms with Gasteiger partial charge in [-0.3, -0.25) is 0 Å². The zero-order valence-electron chi connectivity index (χ0n) is 5.46. The van der Waals surface area contributed by atoms with E-state index in [4.69, 9.17) is 0 Å². The third-order valence-electron chi connectivity index (χ3n) is 2.62. The van der Waals surface area contributed by atoms with Gasteiger partial charge in [-0.25, -0.2) is 0 Å². The molecular formula is C8H12O. The molecule has 1 fully saturated rings. The molecule has 0 spiro atoms. The fourth-order valence-corrected chi connectivity index (χ4v) is 2.05. The normalized spacial score (nSPS) is 47.9. The van der Waals surface area contributed by atoms with Gasteiger partial charge in [-0.15, -0.1) is 0 Å². The van der Waals surface area contributed by atoms with Gasteiger partial charge in [-0.1, -0.05) is 12.2 Å². The molecule has 9 heavy (non-hydrogen) atoms. The van der Waals surface area contributed by atoms with Gasteiger partial charge in [-0.05, 0) is 25.2 Å². The summed E-state index contributed by atoms with van der Waals surface area (Å²) in [5.74, 6) is 1.31. The Morgan fingerprint density at radius 3 is 3.00 bits per heavy atom. The zero-order chi connectivity index (χ0) is 6.27. The Bertz CT molecular complexity index is 140. The van der Waals surface area contributed by atoms with E-state index < -0.39 is 0 Å². The van der Waals surface area contributed by atoms with Crippen molar-refractivity contribution < 1.29 is 5.11 Å². The summed E-state index contributed by atoms with van der Waals surface area (Å²) in [5, 5.41) is 9.35. The molecule has 3 atom stereocenters. The average molecular weight is 124 g/mol. The Hall–Kier alpha value is -0.300. The van der Waals surface area contributed by atoms with E-state index in [2.05, 4.69) is 12.2 Å². The maximum absolute atomic E-state index is 9.35. The summed E-state index contributed by atoms with van der Waals surface area (Å²) in [6, 6.07) is 0. The van der Waals surface area contributed by atoms with Crippen molar-refractivity contribution in [3.05, 3.63) is 12.2 Å². The average Bonchev–Trinajstić information content (AvgIpc) is 2.35. The van der Waals surface area contributed by atoms with Crippen LogP contribution in [0, 0.1) is 11.8 Å². The molecule has 0 amide bonds. The molecule has 1 saturated carbocycles. The van der Waals surface area contributed by atoms with Crippen LogP contribution in [0.5, 0.6) is 0 Å². The predicted octanol–water partition coefficient (Wildman–Crippen LogP) is 1.33. The first-order valence-corrected chi connectivity index (χ1v) is 3.72. The van der Waals surface area contributed by atoms with E-state index in [-0.39, 0.29) is 6.10 Å². The number of aliphatic hydroxyl groups excluding tert-OH is 1. The SMILES string of the molecule is OC1CCC2CC=CC12. The lowest BCUT2D eigenvalue weighted by Crippen LogP contribution is -2.12. The Morgan fingerprint density at radius 1 is 1.33 bits per heavy atom. The zero-order valence-corrected chi connectivity index (χ0v) is 5.46. The summed E-state index contributed by atoms with van der Waals surface area (Å²) >= 11 is 0. The second kappa shape index (κ2) is 1.84. The topological polar surface area (TPSA) is 20.2 Å². The summed E-state index contributed by atoms with van der Waals surface area (Å²) in [6.45, 7) is 0. The molecule has 0 heterocycles. The summed E-state index contributed by atoms with van der Waals surface area (Å²) in [6.07, 6.45) is 7.84. The van der Waals surface area contributed by atoms with E-state index in [9.17, 15) is 5.11 Å². The first kappa shape index (κ1) is 5.48. The lowest BCUT2D eigenvalue weighted by molar-refractivity contribution is 0.146. The molecule has 0 aromatic carbocycles. The quantitative estimate of drug-likeness (QED) is 0.483. The van der Waals surface area contributed by atoms with Crippen molar-refractivity contribution in [3.8, 4) is 0 Å². The fraction of sp³-hybridized carbons (Fsp3) is 0.750. The molecular weight excluding hydrogens is 112 g/mol. The largest absolute Gasteiger partial charge is 0.393 e. The maximum Gasteiger partial charge on any atom is 0.0605 e. The van der Waals surface area contributed by atoms with Crippen LogP contribution in [0.1, 0.15) is 19.3 Å².